The lowest BCUT2D eigenvalue weighted by atomic mass is 9.53. The summed E-state index contributed by atoms with van der Waals surface area (Å²) in [6.07, 6.45) is 7.31. The fourth-order valence-electron chi connectivity index (χ4n) is 5.51. The summed E-state index contributed by atoms with van der Waals surface area (Å²) < 4.78 is 6.28. The van der Waals surface area contributed by atoms with E-state index in [2.05, 4.69) is 45.0 Å². The van der Waals surface area contributed by atoms with Crippen LogP contribution in [0.4, 0.5) is 0 Å². The number of fused-ring (bicyclic) bond motifs is 1. The Labute approximate surface area is 185 Å². The lowest BCUT2D eigenvalue weighted by molar-refractivity contribution is -0.159. The number of carboxylic acids is 1. The number of aryl methyl sites for hydroxylation is 1. The number of benzene rings is 2. The number of carbonyl (C=O) groups is 1. The lowest BCUT2D eigenvalue weighted by Gasteiger charge is -2.50. The Kier molecular flexibility index (Phi) is 5.97. The van der Waals surface area contributed by atoms with Crippen LogP contribution in [0.3, 0.4) is 0 Å². The summed E-state index contributed by atoms with van der Waals surface area (Å²) in [7, 11) is 0. The number of carboxylic acid groups (broad SMARTS) is 1. The molecule has 0 bridgehead atoms. The molecule has 0 amide bonds. The van der Waals surface area contributed by atoms with Crippen molar-refractivity contribution < 1.29 is 14.6 Å². The van der Waals surface area contributed by atoms with E-state index in [4.69, 9.17) is 4.74 Å². The molecule has 1 N–H and O–H groups in total. The van der Waals surface area contributed by atoms with E-state index < -0.39 is 5.97 Å². The van der Waals surface area contributed by atoms with Gasteiger partial charge in [0.25, 0.3) is 0 Å². The zero-order chi connectivity index (χ0) is 22.2. The van der Waals surface area contributed by atoms with Gasteiger partial charge in [-0.2, -0.15) is 5.26 Å². The van der Waals surface area contributed by atoms with Gasteiger partial charge in [0, 0.05) is 5.39 Å². The van der Waals surface area contributed by atoms with E-state index in [1.807, 2.05) is 12.1 Å². The highest BCUT2D eigenvalue weighted by Crippen LogP contribution is 2.53. The van der Waals surface area contributed by atoms with Crippen molar-refractivity contribution in [3.63, 3.8) is 0 Å². The van der Waals surface area contributed by atoms with Gasteiger partial charge in [-0.15, -0.1) is 0 Å². The molecule has 2 saturated carbocycles. The molecule has 0 radical (unpaired) electrons. The normalized spacial score (nSPS) is 27.3. The maximum atomic E-state index is 11.4. The zero-order valence-electron chi connectivity index (χ0n) is 18.9. The molecule has 164 valence electrons. The van der Waals surface area contributed by atoms with Crippen LogP contribution < -0.4 is 4.74 Å². The quantitative estimate of drug-likeness (QED) is 0.592. The first-order chi connectivity index (χ1) is 14.8. The van der Waals surface area contributed by atoms with Crippen molar-refractivity contribution in [1.82, 2.24) is 0 Å². The SMILES string of the molecule is CC1CCC(Oc2ccc3ccc(CC[C@H]4C[C@@H](C(=O)O)C4(C)C)cc3c2C#N)CC1. The molecule has 0 spiro atoms. The molecule has 4 heteroatoms. The van der Waals surface area contributed by atoms with Crippen LogP contribution in [0, 0.1) is 34.5 Å². The van der Waals surface area contributed by atoms with Crippen molar-refractivity contribution in [2.75, 3.05) is 0 Å². The monoisotopic (exact) mass is 419 g/mol. The zero-order valence-corrected chi connectivity index (χ0v) is 18.9. The standard InChI is InChI=1S/C27H33NO3/c1-17-4-11-21(12-5-17)31-25-13-9-19-8-6-18(14-22(19)23(25)16-28)7-10-20-15-24(26(29)30)27(20,2)3/h6,8-9,13-14,17,20-21,24H,4-5,7,10-12,15H2,1-3H3,(H,29,30)/t17?,20-,21?,24-/m0/s1. The summed E-state index contributed by atoms with van der Waals surface area (Å²) in [5.74, 6) is 0.979. The maximum absolute atomic E-state index is 11.4. The van der Waals surface area contributed by atoms with Crippen LogP contribution >= 0.6 is 0 Å². The molecule has 4 nitrogen and oxygen atoms in total. The average Bonchev–Trinajstić information content (AvgIpc) is 2.74. The fourth-order valence-corrected chi connectivity index (χ4v) is 5.51. The van der Waals surface area contributed by atoms with E-state index in [1.165, 1.54) is 18.4 Å². The molecule has 2 aliphatic carbocycles. The topological polar surface area (TPSA) is 70.3 Å². The molecule has 2 atom stereocenters. The molecule has 2 aliphatic rings. The van der Waals surface area contributed by atoms with Crippen molar-refractivity contribution >= 4 is 16.7 Å². The van der Waals surface area contributed by atoms with E-state index in [1.54, 1.807) is 0 Å². The molecule has 0 saturated heterocycles. The Morgan fingerprint density at radius 3 is 2.55 bits per heavy atom. The van der Waals surface area contributed by atoms with E-state index in [0.29, 0.717) is 17.2 Å². The molecule has 2 aromatic rings. The second kappa shape index (κ2) is 8.54. The number of nitriles is 1. The molecule has 0 heterocycles. The number of hydrogen-bond acceptors (Lipinski definition) is 3. The van der Waals surface area contributed by atoms with Gasteiger partial charge >= 0.3 is 5.97 Å². The molecule has 2 aromatic carbocycles. The molecule has 4 rings (SSSR count). The Hall–Kier alpha value is -2.54. The lowest BCUT2D eigenvalue weighted by Crippen LogP contribution is -2.48. The minimum absolute atomic E-state index is 0.154. The van der Waals surface area contributed by atoms with Crippen molar-refractivity contribution in [2.45, 2.75) is 71.8 Å². The van der Waals surface area contributed by atoms with E-state index in [0.717, 1.165) is 48.8 Å². The average molecular weight is 420 g/mol. The van der Waals surface area contributed by atoms with Crippen molar-refractivity contribution in [2.24, 2.45) is 23.2 Å². The number of nitrogens with zero attached hydrogens (tertiary/aromatic N) is 1. The molecule has 0 aromatic heterocycles. The predicted octanol–water partition coefficient (Wildman–Crippen LogP) is 6.35. The van der Waals surface area contributed by atoms with Gasteiger partial charge in [-0.3, -0.25) is 4.79 Å². The Morgan fingerprint density at radius 2 is 1.90 bits per heavy atom. The summed E-state index contributed by atoms with van der Waals surface area (Å²) in [5.41, 5.74) is 1.68. The highest BCUT2D eigenvalue weighted by molar-refractivity contribution is 5.90. The maximum Gasteiger partial charge on any atom is 0.307 e. The second-order valence-corrected chi connectivity index (χ2v) is 10.3. The summed E-state index contributed by atoms with van der Waals surface area (Å²) in [4.78, 5) is 11.4. The van der Waals surface area contributed by atoms with Gasteiger partial charge in [0.1, 0.15) is 17.4 Å². The first-order valence-electron chi connectivity index (χ1n) is 11.6. The molecular formula is C27H33NO3. The van der Waals surface area contributed by atoms with E-state index >= 15 is 0 Å². The summed E-state index contributed by atoms with van der Waals surface area (Å²) in [6.45, 7) is 6.44. The fraction of sp³-hybridized carbons (Fsp3) is 0.556. The van der Waals surface area contributed by atoms with Crippen LogP contribution in [0.15, 0.2) is 30.3 Å². The Bertz CT molecular complexity index is 1010. The highest BCUT2D eigenvalue weighted by Gasteiger charge is 2.51. The van der Waals surface area contributed by atoms with Gasteiger partial charge in [-0.1, -0.05) is 39.0 Å². The minimum Gasteiger partial charge on any atom is -0.489 e. The number of ether oxygens (including phenoxy) is 1. The molecule has 31 heavy (non-hydrogen) atoms. The van der Waals surface area contributed by atoms with Crippen LogP contribution in [-0.4, -0.2) is 17.2 Å². The smallest absolute Gasteiger partial charge is 0.307 e. The first kappa shape index (κ1) is 21.7. The molecule has 0 unspecified atom stereocenters. The number of aliphatic carboxylic acids is 1. The van der Waals surface area contributed by atoms with Gasteiger partial charge in [0.2, 0.25) is 0 Å². The third kappa shape index (κ3) is 4.28. The van der Waals surface area contributed by atoms with Crippen molar-refractivity contribution in [3.05, 3.63) is 41.5 Å². The Balaban J connectivity index is 1.50. The van der Waals surface area contributed by atoms with Crippen LogP contribution in [0.2, 0.25) is 0 Å². The van der Waals surface area contributed by atoms with Crippen molar-refractivity contribution in [1.29, 1.82) is 5.26 Å². The summed E-state index contributed by atoms with van der Waals surface area (Å²) in [6, 6.07) is 12.7. The summed E-state index contributed by atoms with van der Waals surface area (Å²) in [5, 5.41) is 21.3. The molecule has 2 fully saturated rings. The van der Waals surface area contributed by atoms with Crippen LogP contribution in [0.1, 0.15) is 70.4 Å². The first-order valence-corrected chi connectivity index (χ1v) is 11.6. The third-order valence-electron chi connectivity index (χ3n) is 7.97. The second-order valence-electron chi connectivity index (χ2n) is 10.3. The minimum atomic E-state index is -0.675. The molecular weight excluding hydrogens is 386 g/mol. The van der Waals surface area contributed by atoms with Crippen LogP contribution in [0.5, 0.6) is 5.75 Å². The van der Waals surface area contributed by atoms with Gasteiger partial charge in [-0.05, 0) is 85.3 Å². The third-order valence-corrected chi connectivity index (χ3v) is 7.97. The number of rotatable bonds is 6. The van der Waals surface area contributed by atoms with Gasteiger partial charge in [-0.25, -0.2) is 0 Å². The van der Waals surface area contributed by atoms with Crippen LogP contribution in [0.25, 0.3) is 10.8 Å². The van der Waals surface area contributed by atoms with Gasteiger partial charge < -0.3 is 9.84 Å². The largest absolute Gasteiger partial charge is 0.489 e. The van der Waals surface area contributed by atoms with Gasteiger partial charge in [0.15, 0.2) is 0 Å². The van der Waals surface area contributed by atoms with Crippen molar-refractivity contribution in [3.8, 4) is 11.8 Å². The van der Waals surface area contributed by atoms with E-state index in [-0.39, 0.29) is 17.4 Å². The van der Waals surface area contributed by atoms with E-state index in [9.17, 15) is 15.2 Å². The van der Waals surface area contributed by atoms with Crippen LogP contribution in [-0.2, 0) is 11.2 Å². The summed E-state index contributed by atoms with van der Waals surface area (Å²) >= 11 is 0. The molecule has 0 aliphatic heterocycles. The van der Waals surface area contributed by atoms with Gasteiger partial charge in [0.05, 0.1) is 12.0 Å². The number of hydrogen-bond donors (Lipinski definition) is 1. The predicted molar refractivity (Wildman–Crippen MR) is 122 cm³/mol. The Morgan fingerprint density at radius 1 is 1.19 bits per heavy atom. The highest BCUT2D eigenvalue weighted by atomic mass is 16.5.